The topological polar surface area (TPSA) is 112 Å². The maximum atomic E-state index is 12.8. The minimum absolute atomic E-state index is 0.0943. The third kappa shape index (κ3) is 4.00. The van der Waals surface area contributed by atoms with Crippen LogP contribution < -0.4 is 10.1 Å². The summed E-state index contributed by atoms with van der Waals surface area (Å²) in [6.07, 6.45) is 0. The third-order valence-electron chi connectivity index (χ3n) is 5.10. The van der Waals surface area contributed by atoms with Gasteiger partial charge in [0.05, 0.1) is 17.2 Å². The molecule has 0 aliphatic heterocycles. The van der Waals surface area contributed by atoms with Gasteiger partial charge in [-0.2, -0.15) is 4.80 Å². The van der Waals surface area contributed by atoms with Crippen LogP contribution in [-0.2, 0) is 0 Å². The Labute approximate surface area is 183 Å². The predicted molar refractivity (Wildman–Crippen MR) is 121 cm³/mol. The number of aromatic nitrogens is 3. The first-order valence-electron chi connectivity index (χ1n) is 10.0. The molecule has 162 valence electrons. The van der Waals surface area contributed by atoms with E-state index in [1.807, 2.05) is 44.2 Å². The largest absolute Gasteiger partial charge is 0.494 e. The second kappa shape index (κ2) is 8.46. The maximum Gasteiger partial charge on any atom is 0.273 e. The van der Waals surface area contributed by atoms with Crippen LogP contribution in [-0.4, -0.2) is 32.4 Å². The molecule has 0 bridgehead atoms. The summed E-state index contributed by atoms with van der Waals surface area (Å²) in [7, 11) is 0. The molecule has 9 heteroatoms. The van der Waals surface area contributed by atoms with E-state index in [1.165, 1.54) is 16.9 Å². The molecule has 0 saturated heterocycles. The van der Waals surface area contributed by atoms with Gasteiger partial charge in [0.1, 0.15) is 16.8 Å². The van der Waals surface area contributed by atoms with Gasteiger partial charge in [-0.1, -0.05) is 6.07 Å². The van der Waals surface area contributed by atoms with Gasteiger partial charge >= 0.3 is 0 Å². The monoisotopic (exact) mass is 431 g/mol. The number of nitrogens with zero attached hydrogens (tertiary/aromatic N) is 4. The highest BCUT2D eigenvalue weighted by atomic mass is 16.6. The Bertz CT molecular complexity index is 1330. The summed E-state index contributed by atoms with van der Waals surface area (Å²) >= 11 is 0. The van der Waals surface area contributed by atoms with E-state index in [9.17, 15) is 14.9 Å². The van der Waals surface area contributed by atoms with Crippen LogP contribution in [0, 0.1) is 24.0 Å². The SMILES string of the molecule is CCOc1ccc(-n2nc3cc(C)c(NC(=O)c4cccc([N+](=O)[O-])c4C)cc3n2)cc1. The number of benzene rings is 3. The Balaban J connectivity index is 1.63. The fourth-order valence-electron chi connectivity index (χ4n) is 3.42. The molecule has 32 heavy (non-hydrogen) atoms. The number of anilines is 1. The standard InChI is InChI=1S/C23H21N5O4/c1-4-32-17-10-8-16(9-11-17)27-25-20-12-14(2)19(13-21(20)26-27)24-23(29)18-6-5-7-22(15(18)3)28(30)31/h5-13H,4H2,1-3H3,(H,24,29). The summed E-state index contributed by atoms with van der Waals surface area (Å²) in [5.74, 6) is 0.345. The fourth-order valence-corrected chi connectivity index (χ4v) is 3.42. The van der Waals surface area contributed by atoms with E-state index < -0.39 is 10.8 Å². The molecule has 9 nitrogen and oxygen atoms in total. The molecule has 4 rings (SSSR count). The van der Waals surface area contributed by atoms with Gasteiger partial charge in [0.15, 0.2) is 0 Å². The molecule has 0 unspecified atom stereocenters. The number of fused-ring (bicyclic) bond motifs is 1. The van der Waals surface area contributed by atoms with E-state index in [2.05, 4.69) is 15.5 Å². The zero-order valence-corrected chi connectivity index (χ0v) is 17.8. The van der Waals surface area contributed by atoms with Gasteiger partial charge in [0.25, 0.3) is 11.6 Å². The molecule has 0 spiro atoms. The second-order valence-corrected chi connectivity index (χ2v) is 7.23. The smallest absolute Gasteiger partial charge is 0.273 e. The van der Waals surface area contributed by atoms with E-state index in [1.54, 1.807) is 19.1 Å². The first-order chi connectivity index (χ1) is 15.4. The maximum absolute atomic E-state index is 12.8. The quantitative estimate of drug-likeness (QED) is 0.353. The number of nitro benzene ring substituents is 1. The number of nitro groups is 1. The van der Waals surface area contributed by atoms with Crippen molar-refractivity contribution in [3.05, 3.63) is 81.4 Å². The summed E-state index contributed by atoms with van der Waals surface area (Å²) in [5.41, 5.74) is 3.89. The summed E-state index contributed by atoms with van der Waals surface area (Å²) in [4.78, 5) is 25.0. The van der Waals surface area contributed by atoms with Crippen LogP contribution in [0.5, 0.6) is 5.75 Å². The lowest BCUT2D eigenvalue weighted by Gasteiger charge is -2.10. The number of carbonyl (C=O) groups is 1. The molecular formula is C23H21N5O4. The molecule has 1 aromatic heterocycles. The van der Waals surface area contributed by atoms with Crippen molar-refractivity contribution in [1.82, 2.24) is 15.0 Å². The first kappa shape index (κ1) is 21.0. The number of hydrogen-bond donors (Lipinski definition) is 1. The summed E-state index contributed by atoms with van der Waals surface area (Å²) in [5, 5.41) is 23.1. The zero-order chi connectivity index (χ0) is 22.8. The lowest BCUT2D eigenvalue weighted by Crippen LogP contribution is -2.14. The van der Waals surface area contributed by atoms with Gasteiger partial charge in [-0.05, 0) is 68.8 Å². The average molecular weight is 431 g/mol. The number of nitrogens with one attached hydrogen (secondary N) is 1. The lowest BCUT2D eigenvalue weighted by atomic mass is 10.1. The highest BCUT2D eigenvalue weighted by Gasteiger charge is 2.19. The Kier molecular flexibility index (Phi) is 5.55. The second-order valence-electron chi connectivity index (χ2n) is 7.23. The minimum Gasteiger partial charge on any atom is -0.494 e. The van der Waals surface area contributed by atoms with Crippen LogP contribution in [0.25, 0.3) is 16.7 Å². The summed E-state index contributed by atoms with van der Waals surface area (Å²) in [6, 6.07) is 15.5. The van der Waals surface area contributed by atoms with E-state index in [-0.39, 0.29) is 11.3 Å². The van der Waals surface area contributed by atoms with Crippen LogP contribution >= 0.6 is 0 Å². The molecule has 4 aromatic rings. The summed E-state index contributed by atoms with van der Waals surface area (Å²) in [6.45, 7) is 5.93. The Morgan fingerprint density at radius 1 is 1.09 bits per heavy atom. The normalized spacial score (nSPS) is 10.8. The van der Waals surface area contributed by atoms with E-state index in [4.69, 9.17) is 4.74 Å². The average Bonchev–Trinajstić information content (AvgIpc) is 3.17. The van der Waals surface area contributed by atoms with Gasteiger partial charge in [-0.3, -0.25) is 14.9 Å². The van der Waals surface area contributed by atoms with Crippen molar-refractivity contribution in [2.75, 3.05) is 11.9 Å². The molecule has 0 radical (unpaired) electrons. The van der Waals surface area contributed by atoms with Crippen LogP contribution in [0.3, 0.4) is 0 Å². The van der Waals surface area contributed by atoms with E-state index >= 15 is 0 Å². The van der Waals surface area contributed by atoms with Crippen molar-refractivity contribution in [2.24, 2.45) is 0 Å². The van der Waals surface area contributed by atoms with Crippen LogP contribution in [0.15, 0.2) is 54.6 Å². The van der Waals surface area contributed by atoms with Gasteiger partial charge < -0.3 is 10.1 Å². The highest BCUT2D eigenvalue weighted by Crippen LogP contribution is 2.25. The van der Waals surface area contributed by atoms with Gasteiger partial charge in [0, 0.05) is 22.9 Å². The van der Waals surface area contributed by atoms with Crippen molar-refractivity contribution in [1.29, 1.82) is 0 Å². The molecule has 1 amide bonds. The number of carbonyl (C=O) groups excluding carboxylic acids is 1. The number of hydrogen-bond acceptors (Lipinski definition) is 6. The molecular weight excluding hydrogens is 410 g/mol. The number of ether oxygens (including phenoxy) is 1. The van der Waals surface area contributed by atoms with Crippen molar-refractivity contribution in [2.45, 2.75) is 20.8 Å². The van der Waals surface area contributed by atoms with Crippen molar-refractivity contribution in [3.63, 3.8) is 0 Å². The molecule has 0 saturated carbocycles. The van der Waals surface area contributed by atoms with Crippen LogP contribution in [0.2, 0.25) is 0 Å². The molecule has 0 fully saturated rings. The van der Waals surface area contributed by atoms with Crippen molar-refractivity contribution < 1.29 is 14.5 Å². The lowest BCUT2D eigenvalue weighted by molar-refractivity contribution is -0.385. The third-order valence-corrected chi connectivity index (χ3v) is 5.10. The number of aryl methyl sites for hydroxylation is 1. The van der Waals surface area contributed by atoms with Crippen molar-refractivity contribution >= 4 is 28.3 Å². The van der Waals surface area contributed by atoms with Gasteiger partial charge in [0.2, 0.25) is 0 Å². The minimum atomic E-state index is -0.497. The molecule has 1 N–H and O–H groups in total. The molecule has 0 aliphatic carbocycles. The highest BCUT2D eigenvalue weighted by molar-refractivity contribution is 6.06. The summed E-state index contributed by atoms with van der Waals surface area (Å²) < 4.78 is 5.46. The predicted octanol–water partition coefficient (Wildman–Crippen LogP) is 4.60. The fraction of sp³-hybridized carbons (Fsp3) is 0.174. The molecule has 1 heterocycles. The van der Waals surface area contributed by atoms with E-state index in [0.717, 1.165) is 17.0 Å². The van der Waals surface area contributed by atoms with Gasteiger partial charge in [-0.25, -0.2) is 0 Å². The molecule has 0 atom stereocenters. The van der Waals surface area contributed by atoms with Crippen molar-refractivity contribution in [3.8, 4) is 11.4 Å². The first-order valence-corrected chi connectivity index (χ1v) is 10.0. The number of amides is 1. The Morgan fingerprint density at radius 2 is 1.78 bits per heavy atom. The van der Waals surface area contributed by atoms with Crippen LogP contribution in [0.1, 0.15) is 28.4 Å². The van der Waals surface area contributed by atoms with E-state index in [0.29, 0.717) is 28.9 Å². The van der Waals surface area contributed by atoms with Crippen LogP contribution in [0.4, 0.5) is 11.4 Å². The van der Waals surface area contributed by atoms with Gasteiger partial charge in [-0.15, -0.1) is 10.2 Å². The molecule has 0 aliphatic rings. The zero-order valence-electron chi connectivity index (χ0n) is 17.8. The Morgan fingerprint density at radius 3 is 2.44 bits per heavy atom. The number of rotatable bonds is 6. The Hall–Kier alpha value is -4.27. The molecule has 3 aromatic carbocycles.